The molecule has 0 aromatic rings. The van der Waals surface area contributed by atoms with Crippen molar-refractivity contribution < 1.29 is 4.79 Å². The van der Waals surface area contributed by atoms with Gasteiger partial charge in [-0.3, -0.25) is 4.79 Å². The van der Waals surface area contributed by atoms with Gasteiger partial charge in [0, 0.05) is 20.0 Å². The van der Waals surface area contributed by atoms with Crippen LogP contribution in [0.15, 0.2) is 0 Å². The SMILES string of the molecule is CNC(=O)CCNCC1CC1. The highest BCUT2D eigenvalue weighted by Crippen LogP contribution is 2.27. The predicted octanol–water partition coefficient (Wildman–Crippen LogP) is 0.122. The molecule has 1 aliphatic rings. The summed E-state index contributed by atoms with van der Waals surface area (Å²) in [4.78, 5) is 10.7. The van der Waals surface area contributed by atoms with Crippen molar-refractivity contribution in [3.63, 3.8) is 0 Å². The summed E-state index contributed by atoms with van der Waals surface area (Å²) in [6, 6.07) is 0. The Morgan fingerprint density at radius 3 is 2.82 bits per heavy atom. The molecule has 0 saturated heterocycles. The Morgan fingerprint density at radius 1 is 1.55 bits per heavy atom. The van der Waals surface area contributed by atoms with E-state index in [1.165, 1.54) is 12.8 Å². The Labute approximate surface area is 67.5 Å². The molecule has 0 aromatic carbocycles. The summed E-state index contributed by atoms with van der Waals surface area (Å²) in [5.74, 6) is 1.02. The fourth-order valence-electron chi connectivity index (χ4n) is 0.955. The van der Waals surface area contributed by atoms with Gasteiger partial charge in [0.05, 0.1) is 0 Å². The van der Waals surface area contributed by atoms with E-state index in [0.717, 1.165) is 19.0 Å². The maximum atomic E-state index is 10.7. The molecule has 1 fully saturated rings. The lowest BCUT2D eigenvalue weighted by Gasteiger charge is -2.01. The molecule has 3 nitrogen and oxygen atoms in total. The smallest absolute Gasteiger partial charge is 0.221 e. The lowest BCUT2D eigenvalue weighted by molar-refractivity contribution is -0.120. The van der Waals surface area contributed by atoms with Crippen LogP contribution in [0.25, 0.3) is 0 Å². The van der Waals surface area contributed by atoms with Crippen molar-refractivity contribution in [1.29, 1.82) is 0 Å². The molecule has 0 aliphatic heterocycles. The predicted molar refractivity (Wildman–Crippen MR) is 44.3 cm³/mol. The molecule has 0 heterocycles. The average molecular weight is 156 g/mol. The molecule has 0 bridgehead atoms. The number of carbonyl (C=O) groups excluding carboxylic acids is 1. The van der Waals surface area contributed by atoms with Crippen molar-refractivity contribution in [3.05, 3.63) is 0 Å². The van der Waals surface area contributed by atoms with Gasteiger partial charge >= 0.3 is 0 Å². The molecule has 1 amide bonds. The zero-order chi connectivity index (χ0) is 8.10. The van der Waals surface area contributed by atoms with Crippen molar-refractivity contribution in [2.75, 3.05) is 20.1 Å². The van der Waals surface area contributed by atoms with E-state index in [-0.39, 0.29) is 5.91 Å². The summed E-state index contributed by atoms with van der Waals surface area (Å²) in [5, 5.41) is 5.84. The van der Waals surface area contributed by atoms with E-state index >= 15 is 0 Å². The summed E-state index contributed by atoms with van der Waals surface area (Å²) in [6.45, 7) is 1.91. The van der Waals surface area contributed by atoms with Gasteiger partial charge in [0.1, 0.15) is 0 Å². The standard InChI is InChI=1S/C8H16N2O/c1-9-8(11)4-5-10-6-7-2-3-7/h7,10H,2-6H2,1H3,(H,9,11). The Morgan fingerprint density at radius 2 is 2.27 bits per heavy atom. The number of nitrogens with one attached hydrogen (secondary N) is 2. The molecular weight excluding hydrogens is 140 g/mol. The van der Waals surface area contributed by atoms with Gasteiger partial charge in [-0.25, -0.2) is 0 Å². The van der Waals surface area contributed by atoms with Gasteiger partial charge in [0.15, 0.2) is 0 Å². The molecule has 0 aromatic heterocycles. The third-order valence-electron chi connectivity index (χ3n) is 1.94. The minimum Gasteiger partial charge on any atom is -0.359 e. The lowest BCUT2D eigenvalue weighted by Crippen LogP contribution is -2.25. The molecule has 2 N–H and O–H groups in total. The molecule has 1 aliphatic carbocycles. The van der Waals surface area contributed by atoms with Crippen molar-refractivity contribution >= 4 is 5.91 Å². The van der Waals surface area contributed by atoms with Gasteiger partial charge in [-0.1, -0.05) is 0 Å². The van der Waals surface area contributed by atoms with Crippen LogP contribution in [0.2, 0.25) is 0 Å². The largest absolute Gasteiger partial charge is 0.359 e. The molecule has 64 valence electrons. The maximum Gasteiger partial charge on any atom is 0.221 e. The average Bonchev–Trinajstić information content (AvgIpc) is 2.81. The fourth-order valence-corrected chi connectivity index (χ4v) is 0.955. The Balaban J connectivity index is 1.82. The maximum absolute atomic E-state index is 10.7. The van der Waals surface area contributed by atoms with E-state index in [1.807, 2.05) is 0 Å². The molecule has 1 saturated carbocycles. The first kappa shape index (κ1) is 8.53. The highest BCUT2D eigenvalue weighted by atomic mass is 16.1. The van der Waals surface area contributed by atoms with Crippen LogP contribution in [0.5, 0.6) is 0 Å². The fraction of sp³-hybridized carbons (Fsp3) is 0.875. The topological polar surface area (TPSA) is 41.1 Å². The van der Waals surface area contributed by atoms with Crippen LogP contribution in [0.4, 0.5) is 0 Å². The minimum atomic E-state index is 0.119. The van der Waals surface area contributed by atoms with Crippen molar-refractivity contribution in [3.8, 4) is 0 Å². The Kier molecular flexibility index (Phi) is 3.36. The highest BCUT2D eigenvalue weighted by molar-refractivity contribution is 5.75. The second-order valence-corrected chi connectivity index (χ2v) is 3.07. The number of rotatable bonds is 5. The zero-order valence-electron chi connectivity index (χ0n) is 7.02. The van der Waals surface area contributed by atoms with E-state index in [9.17, 15) is 4.79 Å². The molecule has 1 rings (SSSR count). The van der Waals surface area contributed by atoms with Crippen LogP contribution >= 0.6 is 0 Å². The van der Waals surface area contributed by atoms with E-state index in [0.29, 0.717) is 6.42 Å². The molecule has 0 atom stereocenters. The molecule has 11 heavy (non-hydrogen) atoms. The van der Waals surface area contributed by atoms with Crippen LogP contribution in [0.1, 0.15) is 19.3 Å². The summed E-state index contributed by atoms with van der Waals surface area (Å²) in [6.07, 6.45) is 3.34. The molecule has 0 radical (unpaired) electrons. The lowest BCUT2D eigenvalue weighted by atomic mass is 10.3. The van der Waals surface area contributed by atoms with E-state index < -0.39 is 0 Å². The van der Waals surface area contributed by atoms with Crippen LogP contribution in [0, 0.1) is 5.92 Å². The van der Waals surface area contributed by atoms with Crippen molar-refractivity contribution in [2.45, 2.75) is 19.3 Å². The first-order valence-electron chi connectivity index (χ1n) is 4.24. The van der Waals surface area contributed by atoms with Crippen molar-refractivity contribution in [2.24, 2.45) is 5.92 Å². The minimum absolute atomic E-state index is 0.119. The van der Waals surface area contributed by atoms with Gasteiger partial charge in [-0.05, 0) is 25.3 Å². The molecule has 0 unspecified atom stereocenters. The third-order valence-corrected chi connectivity index (χ3v) is 1.94. The van der Waals surface area contributed by atoms with E-state index in [4.69, 9.17) is 0 Å². The second kappa shape index (κ2) is 4.34. The second-order valence-electron chi connectivity index (χ2n) is 3.07. The number of hydrogen-bond donors (Lipinski definition) is 2. The summed E-state index contributed by atoms with van der Waals surface area (Å²) >= 11 is 0. The Bertz CT molecular complexity index is 132. The normalized spacial score (nSPS) is 16.5. The summed E-state index contributed by atoms with van der Waals surface area (Å²) in [5.41, 5.74) is 0. The van der Waals surface area contributed by atoms with Crippen LogP contribution < -0.4 is 10.6 Å². The van der Waals surface area contributed by atoms with Gasteiger partial charge in [0.2, 0.25) is 5.91 Å². The first-order chi connectivity index (χ1) is 5.33. The van der Waals surface area contributed by atoms with Crippen molar-refractivity contribution in [1.82, 2.24) is 10.6 Å². The monoisotopic (exact) mass is 156 g/mol. The zero-order valence-corrected chi connectivity index (χ0v) is 7.02. The summed E-state index contributed by atoms with van der Waals surface area (Å²) < 4.78 is 0. The number of amides is 1. The molecule has 3 heteroatoms. The molecule has 0 spiro atoms. The van der Waals surface area contributed by atoms with Crippen LogP contribution in [-0.4, -0.2) is 26.0 Å². The number of carbonyl (C=O) groups is 1. The Hall–Kier alpha value is -0.570. The van der Waals surface area contributed by atoms with Crippen LogP contribution in [-0.2, 0) is 4.79 Å². The van der Waals surface area contributed by atoms with E-state index in [2.05, 4.69) is 10.6 Å². The number of hydrogen-bond acceptors (Lipinski definition) is 2. The first-order valence-corrected chi connectivity index (χ1v) is 4.24. The van der Waals surface area contributed by atoms with Gasteiger partial charge in [-0.2, -0.15) is 0 Å². The summed E-state index contributed by atoms with van der Waals surface area (Å²) in [7, 11) is 1.67. The van der Waals surface area contributed by atoms with Gasteiger partial charge in [-0.15, -0.1) is 0 Å². The highest BCUT2D eigenvalue weighted by Gasteiger charge is 2.19. The van der Waals surface area contributed by atoms with Gasteiger partial charge in [0.25, 0.3) is 0 Å². The van der Waals surface area contributed by atoms with Crippen LogP contribution in [0.3, 0.4) is 0 Å². The quantitative estimate of drug-likeness (QED) is 0.555. The van der Waals surface area contributed by atoms with Gasteiger partial charge < -0.3 is 10.6 Å². The molecular formula is C8H16N2O. The third kappa shape index (κ3) is 3.98. The van der Waals surface area contributed by atoms with E-state index in [1.54, 1.807) is 7.05 Å².